The molecule has 17 heavy (non-hydrogen) atoms. The number of benzene rings is 1. The summed E-state index contributed by atoms with van der Waals surface area (Å²) in [6.45, 7) is 2.09. The average molecular weight is 316 g/mol. The Morgan fingerprint density at radius 2 is 2.24 bits per heavy atom. The Labute approximate surface area is 113 Å². The predicted molar refractivity (Wildman–Crippen MR) is 72.5 cm³/mol. The number of nitrogens with zero attached hydrogens (tertiary/aromatic N) is 3. The predicted octanol–water partition coefficient (Wildman–Crippen LogP) is 3.22. The lowest BCUT2D eigenvalue weighted by atomic mass is 10.2. The minimum absolute atomic E-state index is 0.471. The van der Waals surface area contributed by atoms with E-state index >= 15 is 0 Å². The number of rotatable bonds is 3. The summed E-state index contributed by atoms with van der Waals surface area (Å²) < 4.78 is 2.64. The van der Waals surface area contributed by atoms with E-state index in [-0.39, 0.29) is 0 Å². The van der Waals surface area contributed by atoms with Gasteiger partial charge in [-0.05, 0) is 40.5 Å². The molecule has 0 saturated carbocycles. The molecule has 0 atom stereocenters. The van der Waals surface area contributed by atoms with Crippen molar-refractivity contribution >= 4 is 33.3 Å². The SMILES string of the molecule is CCCc1c(N)nnn1-c1cc(Cl)ccc1Br. The Balaban J connectivity index is 2.56. The summed E-state index contributed by atoms with van der Waals surface area (Å²) in [5.41, 5.74) is 7.57. The van der Waals surface area contributed by atoms with Crippen molar-refractivity contribution in [3.8, 4) is 5.69 Å². The number of aromatic nitrogens is 3. The normalized spacial score (nSPS) is 10.8. The second-order valence-electron chi connectivity index (χ2n) is 3.68. The first-order chi connectivity index (χ1) is 8.13. The fourth-order valence-electron chi connectivity index (χ4n) is 1.63. The molecule has 0 saturated heterocycles. The van der Waals surface area contributed by atoms with Crippen molar-refractivity contribution in [2.24, 2.45) is 0 Å². The van der Waals surface area contributed by atoms with Crippen LogP contribution in [0.3, 0.4) is 0 Å². The summed E-state index contributed by atoms with van der Waals surface area (Å²) in [6.07, 6.45) is 1.81. The molecule has 0 spiro atoms. The molecule has 0 unspecified atom stereocenters. The van der Waals surface area contributed by atoms with Crippen molar-refractivity contribution in [1.82, 2.24) is 15.0 Å². The minimum atomic E-state index is 0.471. The number of halogens is 2. The molecule has 2 rings (SSSR count). The van der Waals surface area contributed by atoms with Crippen LogP contribution in [0, 0.1) is 0 Å². The Morgan fingerprint density at radius 1 is 1.47 bits per heavy atom. The van der Waals surface area contributed by atoms with Crippen molar-refractivity contribution in [3.63, 3.8) is 0 Å². The minimum Gasteiger partial charge on any atom is -0.381 e. The lowest BCUT2D eigenvalue weighted by molar-refractivity contribution is 0.743. The van der Waals surface area contributed by atoms with Crippen LogP contribution in [0.15, 0.2) is 22.7 Å². The molecular formula is C11H12BrClN4. The molecule has 0 aliphatic heterocycles. The van der Waals surface area contributed by atoms with Gasteiger partial charge in [0.2, 0.25) is 0 Å². The number of hydrogen-bond acceptors (Lipinski definition) is 3. The average Bonchev–Trinajstić information content (AvgIpc) is 2.65. The molecule has 90 valence electrons. The summed E-state index contributed by atoms with van der Waals surface area (Å²) in [4.78, 5) is 0. The van der Waals surface area contributed by atoms with Crippen LogP contribution >= 0.6 is 27.5 Å². The highest BCUT2D eigenvalue weighted by Crippen LogP contribution is 2.26. The monoisotopic (exact) mass is 314 g/mol. The Kier molecular flexibility index (Phi) is 3.69. The van der Waals surface area contributed by atoms with Gasteiger partial charge in [0.05, 0.1) is 11.4 Å². The van der Waals surface area contributed by atoms with Gasteiger partial charge in [-0.3, -0.25) is 0 Å². The van der Waals surface area contributed by atoms with Crippen LogP contribution < -0.4 is 5.73 Å². The van der Waals surface area contributed by atoms with E-state index in [0.717, 1.165) is 28.7 Å². The second-order valence-corrected chi connectivity index (χ2v) is 4.97. The Bertz CT molecular complexity index is 538. The molecule has 0 bridgehead atoms. The van der Waals surface area contributed by atoms with Crippen molar-refractivity contribution in [3.05, 3.63) is 33.4 Å². The highest BCUT2D eigenvalue weighted by atomic mass is 79.9. The van der Waals surface area contributed by atoms with Crippen molar-refractivity contribution in [2.45, 2.75) is 19.8 Å². The quantitative estimate of drug-likeness (QED) is 0.946. The lowest BCUT2D eigenvalue weighted by Gasteiger charge is -2.08. The molecule has 0 aliphatic rings. The molecular weight excluding hydrogens is 304 g/mol. The van der Waals surface area contributed by atoms with Crippen LogP contribution in [0.4, 0.5) is 5.82 Å². The summed E-state index contributed by atoms with van der Waals surface area (Å²) in [5.74, 6) is 0.471. The maximum Gasteiger partial charge on any atom is 0.169 e. The highest BCUT2D eigenvalue weighted by Gasteiger charge is 2.13. The summed E-state index contributed by atoms with van der Waals surface area (Å²) in [5, 5.41) is 8.62. The first-order valence-corrected chi connectivity index (χ1v) is 6.46. The van der Waals surface area contributed by atoms with Gasteiger partial charge in [-0.2, -0.15) is 0 Å². The molecule has 6 heteroatoms. The zero-order chi connectivity index (χ0) is 12.4. The van der Waals surface area contributed by atoms with Crippen molar-refractivity contribution < 1.29 is 0 Å². The first-order valence-electron chi connectivity index (χ1n) is 5.29. The summed E-state index contributed by atoms with van der Waals surface area (Å²) in [6, 6.07) is 5.53. The molecule has 0 aliphatic carbocycles. The largest absolute Gasteiger partial charge is 0.381 e. The van der Waals surface area contributed by atoms with Gasteiger partial charge in [0.1, 0.15) is 0 Å². The van der Waals surface area contributed by atoms with E-state index < -0.39 is 0 Å². The van der Waals surface area contributed by atoms with Crippen LogP contribution in [0.5, 0.6) is 0 Å². The molecule has 2 N–H and O–H groups in total. The maximum absolute atomic E-state index is 5.99. The summed E-state index contributed by atoms with van der Waals surface area (Å²) in [7, 11) is 0. The van der Waals surface area contributed by atoms with Crippen LogP contribution in [0.1, 0.15) is 19.0 Å². The fourth-order valence-corrected chi connectivity index (χ4v) is 2.21. The van der Waals surface area contributed by atoms with E-state index in [9.17, 15) is 0 Å². The Hall–Kier alpha value is -1.07. The highest BCUT2D eigenvalue weighted by molar-refractivity contribution is 9.10. The number of nitrogens with two attached hydrogens (primary N) is 1. The summed E-state index contributed by atoms with van der Waals surface area (Å²) >= 11 is 9.46. The van der Waals surface area contributed by atoms with Gasteiger partial charge in [-0.25, -0.2) is 4.68 Å². The number of hydrogen-bond donors (Lipinski definition) is 1. The molecule has 0 fully saturated rings. The zero-order valence-corrected chi connectivity index (χ0v) is 11.7. The van der Waals surface area contributed by atoms with Gasteiger partial charge in [0, 0.05) is 9.50 Å². The molecule has 4 nitrogen and oxygen atoms in total. The van der Waals surface area contributed by atoms with E-state index in [4.69, 9.17) is 17.3 Å². The standard InChI is InChI=1S/C11H12BrClN4/c1-2-3-9-11(14)15-16-17(9)10-6-7(13)4-5-8(10)12/h4-6H,2-3,14H2,1H3. The van der Waals surface area contributed by atoms with Crippen LogP contribution in [-0.2, 0) is 6.42 Å². The molecule has 0 radical (unpaired) electrons. The zero-order valence-electron chi connectivity index (χ0n) is 9.32. The maximum atomic E-state index is 5.99. The molecule has 0 amide bonds. The lowest BCUT2D eigenvalue weighted by Crippen LogP contribution is -2.04. The number of anilines is 1. The van der Waals surface area contributed by atoms with E-state index in [1.165, 1.54) is 0 Å². The number of nitrogen functional groups attached to an aromatic ring is 1. The fraction of sp³-hybridized carbons (Fsp3) is 0.273. The molecule has 1 aromatic carbocycles. The van der Waals surface area contributed by atoms with E-state index in [2.05, 4.69) is 33.2 Å². The first kappa shape index (κ1) is 12.4. The second kappa shape index (κ2) is 5.06. The molecule has 2 aromatic rings. The van der Waals surface area contributed by atoms with E-state index in [0.29, 0.717) is 10.8 Å². The van der Waals surface area contributed by atoms with Gasteiger partial charge in [0.15, 0.2) is 5.82 Å². The van der Waals surface area contributed by atoms with E-state index in [1.54, 1.807) is 4.68 Å². The third-order valence-electron chi connectivity index (χ3n) is 2.42. The van der Waals surface area contributed by atoms with Crippen molar-refractivity contribution in [1.29, 1.82) is 0 Å². The van der Waals surface area contributed by atoms with Gasteiger partial charge in [-0.1, -0.05) is 30.2 Å². The third kappa shape index (κ3) is 2.45. The molecule has 1 aromatic heterocycles. The van der Waals surface area contributed by atoms with Gasteiger partial charge < -0.3 is 5.73 Å². The smallest absolute Gasteiger partial charge is 0.169 e. The van der Waals surface area contributed by atoms with Crippen LogP contribution in [0.2, 0.25) is 5.02 Å². The van der Waals surface area contributed by atoms with Gasteiger partial charge in [0.25, 0.3) is 0 Å². The topological polar surface area (TPSA) is 56.7 Å². The van der Waals surface area contributed by atoms with E-state index in [1.807, 2.05) is 18.2 Å². The van der Waals surface area contributed by atoms with Crippen LogP contribution in [0.25, 0.3) is 5.69 Å². The van der Waals surface area contributed by atoms with Gasteiger partial charge in [-0.15, -0.1) is 5.10 Å². The third-order valence-corrected chi connectivity index (χ3v) is 3.32. The van der Waals surface area contributed by atoms with Crippen molar-refractivity contribution in [2.75, 3.05) is 5.73 Å². The van der Waals surface area contributed by atoms with Crippen LogP contribution in [-0.4, -0.2) is 15.0 Å². The van der Waals surface area contributed by atoms with Gasteiger partial charge >= 0.3 is 0 Å². The molecule has 1 heterocycles. The Morgan fingerprint density at radius 3 is 2.94 bits per heavy atom.